The Morgan fingerprint density at radius 2 is 1.40 bits per heavy atom. The average Bonchev–Trinajstić information content (AvgIpc) is 2.73. The van der Waals surface area contributed by atoms with Crippen molar-refractivity contribution in [2.24, 2.45) is 0 Å². The Balaban J connectivity index is 2.02. The number of sulfonamides is 1. The molecule has 30 heavy (non-hydrogen) atoms. The highest BCUT2D eigenvalue weighted by atomic mass is 32.2. The predicted octanol–water partition coefficient (Wildman–Crippen LogP) is 4.72. The number of ether oxygens (including phenoxy) is 1. The van der Waals surface area contributed by atoms with Gasteiger partial charge in [-0.2, -0.15) is 4.31 Å². The molecule has 3 aromatic rings. The molecule has 0 spiro atoms. The maximum absolute atomic E-state index is 13.4. The highest BCUT2D eigenvalue weighted by Crippen LogP contribution is 2.29. The maximum Gasteiger partial charge on any atom is 0.278 e. The summed E-state index contributed by atoms with van der Waals surface area (Å²) < 4.78 is 33.4. The predicted molar refractivity (Wildman–Crippen MR) is 118 cm³/mol. The molecule has 0 aliphatic heterocycles. The Labute approximate surface area is 178 Å². The van der Waals surface area contributed by atoms with Crippen LogP contribution in [0.4, 0.5) is 5.69 Å². The molecular weight excluding hydrogens is 398 g/mol. The summed E-state index contributed by atoms with van der Waals surface area (Å²) in [7, 11) is -4.11. The summed E-state index contributed by atoms with van der Waals surface area (Å²) in [6.45, 7) is 7.13. The fourth-order valence-electron chi connectivity index (χ4n) is 3.13. The quantitative estimate of drug-likeness (QED) is 0.575. The molecule has 0 atom stereocenters. The Morgan fingerprint density at radius 3 is 2.07 bits per heavy atom. The molecule has 0 saturated carbocycles. The highest BCUT2D eigenvalue weighted by molar-refractivity contribution is 7.93. The summed E-state index contributed by atoms with van der Waals surface area (Å²) >= 11 is 0. The van der Waals surface area contributed by atoms with Crippen LogP contribution in [0.25, 0.3) is 0 Å². The van der Waals surface area contributed by atoms with Crippen LogP contribution in [0.3, 0.4) is 0 Å². The first-order valence-electron chi connectivity index (χ1n) is 9.62. The minimum Gasteiger partial charge on any atom is -0.483 e. The lowest BCUT2D eigenvalue weighted by atomic mass is 10.1. The van der Waals surface area contributed by atoms with Gasteiger partial charge in [-0.05, 0) is 74.2 Å². The molecule has 5 nitrogen and oxygen atoms in total. The first kappa shape index (κ1) is 21.6. The van der Waals surface area contributed by atoms with E-state index in [9.17, 15) is 13.2 Å². The van der Waals surface area contributed by atoms with E-state index in [0.717, 1.165) is 26.6 Å². The Kier molecular flexibility index (Phi) is 6.27. The van der Waals surface area contributed by atoms with Gasteiger partial charge in [0, 0.05) is 0 Å². The zero-order chi connectivity index (χ0) is 21.9. The number of aryl methyl sites for hydroxylation is 2. The third-order valence-corrected chi connectivity index (χ3v) is 6.96. The van der Waals surface area contributed by atoms with Crippen molar-refractivity contribution in [3.05, 3.63) is 89.0 Å². The number of rotatable bonds is 6. The summed E-state index contributed by atoms with van der Waals surface area (Å²) in [6, 6.07) is 18.8. The molecule has 156 valence electrons. The lowest BCUT2D eigenvalue weighted by Gasteiger charge is -2.25. The van der Waals surface area contributed by atoms with Crippen LogP contribution in [0.15, 0.2) is 71.6 Å². The Morgan fingerprint density at radius 1 is 0.800 bits per heavy atom. The van der Waals surface area contributed by atoms with E-state index < -0.39 is 22.5 Å². The molecule has 0 heterocycles. The molecule has 3 aromatic carbocycles. The summed E-state index contributed by atoms with van der Waals surface area (Å²) in [5.41, 5.74) is 3.88. The number of benzene rings is 3. The Bertz CT molecular complexity index is 1170. The third-order valence-electron chi connectivity index (χ3n) is 5.21. The minimum absolute atomic E-state index is 0.0472. The highest BCUT2D eigenvalue weighted by Gasteiger charge is 2.32. The van der Waals surface area contributed by atoms with Gasteiger partial charge in [-0.15, -0.1) is 0 Å². The monoisotopic (exact) mass is 423 g/mol. The van der Waals surface area contributed by atoms with E-state index in [-0.39, 0.29) is 4.90 Å². The first-order chi connectivity index (χ1) is 14.2. The molecule has 0 saturated heterocycles. The molecule has 0 aliphatic carbocycles. The zero-order valence-corrected chi connectivity index (χ0v) is 18.4. The van der Waals surface area contributed by atoms with Crippen LogP contribution in [-0.2, 0) is 14.8 Å². The Hall–Kier alpha value is -3.12. The van der Waals surface area contributed by atoms with Gasteiger partial charge in [0.25, 0.3) is 15.9 Å². The van der Waals surface area contributed by atoms with E-state index in [1.54, 1.807) is 43.3 Å². The fourth-order valence-corrected chi connectivity index (χ4v) is 4.62. The number of hydrogen-bond donors (Lipinski definition) is 0. The number of anilines is 1. The number of nitrogens with zero attached hydrogens (tertiary/aromatic N) is 1. The molecule has 0 bridgehead atoms. The van der Waals surface area contributed by atoms with Crippen molar-refractivity contribution in [2.45, 2.75) is 32.6 Å². The smallest absolute Gasteiger partial charge is 0.278 e. The SMILES string of the molecule is Cc1cccc(OCC(=O)N(c2cccc(C)c2C)S(=O)(=O)c2ccccc2)c1C. The second kappa shape index (κ2) is 8.71. The van der Waals surface area contributed by atoms with E-state index >= 15 is 0 Å². The topological polar surface area (TPSA) is 63.7 Å². The molecule has 0 aromatic heterocycles. The fraction of sp³-hybridized carbons (Fsp3) is 0.208. The largest absolute Gasteiger partial charge is 0.483 e. The van der Waals surface area contributed by atoms with E-state index in [4.69, 9.17) is 4.74 Å². The molecule has 0 N–H and O–H groups in total. The molecule has 1 amide bonds. The molecule has 0 unspecified atom stereocenters. The molecule has 0 radical (unpaired) electrons. The van der Waals surface area contributed by atoms with Crippen LogP contribution in [0, 0.1) is 27.7 Å². The van der Waals surface area contributed by atoms with Gasteiger partial charge in [-0.1, -0.05) is 42.5 Å². The molecule has 0 aliphatic rings. The van der Waals surface area contributed by atoms with Gasteiger partial charge in [0.05, 0.1) is 10.6 Å². The lowest BCUT2D eigenvalue weighted by molar-refractivity contribution is -0.119. The molecule has 0 fully saturated rings. The second-order valence-electron chi connectivity index (χ2n) is 7.18. The third kappa shape index (κ3) is 4.24. The van der Waals surface area contributed by atoms with E-state index in [0.29, 0.717) is 11.4 Å². The van der Waals surface area contributed by atoms with Crippen molar-refractivity contribution in [3.63, 3.8) is 0 Å². The van der Waals surface area contributed by atoms with Gasteiger partial charge in [-0.25, -0.2) is 8.42 Å². The average molecular weight is 424 g/mol. The number of carbonyl (C=O) groups is 1. The van der Waals surface area contributed by atoms with Gasteiger partial charge in [0.15, 0.2) is 6.61 Å². The van der Waals surface area contributed by atoms with Crippen molar-refractivity contribution in [3.8, 4) is 5.75 Å². The van der Waals surface area contributed by atoms with Crippen molar-refractivity contribution < 1.29 is 17.9 Å². The van der Waals surface area contributed by atoms with Gasteiger partial charge in [0.1, 0.15) is 5.75 Å². The maximum atomic E-state index is 13.4. The van der Waals surface area contributed by atoms with Gasteiger partial charge < -0.3 is 4.74 Å². The van der Waals surface area contributed by atoms with Crippen molar-refractivity contribution in [2.75, 3.05) is 10.9 Å². The van der Waals surface area contributed by atoms with Crippen LogP contribution in [0.1, 0.15) is 22.3 Å². The van der Waals surface area contributed by atoms with Gasteiger partial charge in [0.2, 0.25) is 0 Å². The summed E-state index contributed by atoms with van der Waals surface area (Å²) in [6.07, 6.45) is 0. The second-order valence-corrected chi connectivity index (χ2v) is 8.97. The summed E-state index contributed by atoms with van der Waals surface area (Å²) in [4.78, 5) is 13.3. The summed E-state index contributed by atoms with van der Waals surface area (Å²) in [5.74, 6) is -0.102. The number of hydrogen-bond acceptors (Lipinski definition) is 4. The van der Waals surface area contributed by atoms with Crippen LogP contribution < -0.4 is 9.04 Å². The zero-order valence-electron chi connectivity index (χ0n) is 17.5. The number of amides is 1. The van der Waals surface area contributed by atoms with Crippen LogP contribution in [-0.4, -0.2) is 20.9 Å². The summed E-state index contributed by atoms with van der Waals surface area (Å²) in [5, 5.41) is 0. The van der Waals surface area contributed by atoms with Crippen molar-refractivity contribution in [1.82, 2.24) is 0 Å². The molecular formula is C24H25NO4S. The van der Waals surface area contributed by atoms with Crippen molar-refractivity contribution in [1.29, 1.82) is 0 Å². The van der Waals surface area contributed by atoms with E-state index in [1.807, 2.05) is 39.0 Å². The van der Waals surface area contributed by atoms with E-state index in [2.05, 4.69) is 0 Å². The van der Waals surface area contributed by atoms with Crippen molar-refractivity contribution >= 4 is 21.6 Å². The molecule has 6 heteroatoms. The first-order valence-corrected chi connectivity index (χ1v) is 11.1. The number of carbonyl (C=O) groups excluding carboxylic acids is 1. The van der Waals surface area contributed by atoms with Gasteiger partial charge in [-0.3, -0.25) is 4.79 Å². The lowest BCUT2D eigenvalue weighted by Crippen LogP contribution is -2.40. The van der Waals surface area contributed by atoms with Gasteiger partial charge >= 0.3 is 0 Å². The standard InChI is InChI=1S/C24H25NO4S/c1-17-10-8-14-22(19(17)3)25(30(27,28)21-12-6-5-7-13-21)24(26)16-29-23-15-9-11-18(2)20(23)4/h5-15H,16H2,1-4H3. The van der Waals surface area contributed by atoms with Crippen LogP contribution >= 0.6 is 0 Å². The van der Waals surface area contributed by atoms with Crippen LogP contribution in [0.2, 0.25) is 0 Å². The van der Waals surface area contributed by atoms with E-state index in [1.165, 1.54) is 12.1 Å². The van der Waals surface area contributed by atoms with Crippen LogP contribution in [0.5, 0.6) is 5.75 Å². The normalized spacial score (nSPS) is 11.2. The minimum atomic E-state index is -4.11. The molecule has 3 rings (SSSR count).